The molecule has 0 aliphatic carbocycles. The molecule has 122 valence electrons. The highest BCUT2D eigenvalue weighted by Crippen LogP contribution is 2.36. The summed E-state index contributed by atoms with van der Waals surface area (Å²) in [5.41, 5.74) is -0.459. The summed E-state index contributed by atoms with van der Waals surface area (Å²) in [4.78, 5) is 9.71. The lowest BCUT2D eigenvalue weighted by Gasteiger charge is -2.17. The maximum Gasteiger partial charge on any atom is 0.272 e. The number of β-amino-alcohol motifs (C(OH)–C–C–N with tert-alkyl or cyclic N) is 1. The zero-order valence-electron chi connectivity index (χ0n) is 11.6. The number of rotatable bonds is 4. The molecule has 2 unspecified atom stereocenters. The fourth-order valence-electron chi connectivity index (χ4n) is 2.40. The Balaban J connectivity index is 2.48. The largest absolute Gasteiger partial charge is 0.391 e. The molecule has 0 spiro atoms. The number of hydrogen-bond donors (Lipinski definition) is 1. The molecule has 10 heteroatoms. The van der Waals surface area contributed by atoms with Crippen LogP contribution < -0.4 is 0 Å². The molecule has 1 heterocycles. The van der Waals surface area contributed by atoms with Crippen molar-refractivity contribution in [3.8, 4) is 0 Å². The Kier molecular flexibility index (Phi) is 4.98. The first-order valence-electron chi connectivity index (χ1n) is 6.50. The number of hydrogen-bond acceptors (Lipinski definition) is 5. The van der Waals surface area contributed by atoms with Crippen LogP contribution in [-0.2, 0) is 10.0 Å². The topological polar surface area (TPSA) is 101 Å². The van der Waals surface area contributed by atoms with E-state index in [-0.39, 0.29) is 29.1 Å². The lowest BCUT2D eigenvalue weighted by molar-refractivity contribution is -0.385. The van der Waals surface area contributed by atoms with Crippen LogP contribution in [0.2, 0.25) is 10.0 Å². The summed E-state index contributed by atoms with van der Waals surface area (Å²) in [5.74, 6) is -0.178. The summed E-state index contributed by atoms with van der Waals surface area (Å²) < 4.78 is 26.4. The molecule has 0 bridgehead atoms. The molecule has 1 aliphatic heterocycles. The molecule has 1 aromatic carbocycles. The van der Waals surface area contributed by atoms with Gasteiger partial charge in [0.05, 0.1) is 21.1 Å². The van der Waals surface area contributed by atoms with Crippen molar-refractivity contribution in [2.45, 2.75) is 24.3 Å². The normalized spacial score (nSPS) is 22.9. The van der Waals surface area contributed by atoms with E-state index in [1.165, 1.54) is 0 Å². The monoisotopic (exact) mass is 368 g/mol. The van der Waals surface area contributed by atoms with Crippen molar-refractivity contribution in [2.75, 3.05) is 13.1 Å². The number of sulfonamides is 1. The first-order valence-corrected chi connectivity index (χ1v) is 8.69. The second-order valence-electron chi connectivity index (χ2n) is 5.05. The van der Waals surface area contributed by atoms with E-state index in [0.717, 1.165) is 16.4 Å². The van der Waals surface area contributed by atoms with Gasteiger partial charge in [0.2, 0.25) is 10.0 Å². The minimum atomic E-state index is -4.07. The maximum atomic E-state index is 12.6. The molecular weight excluding hydrogens is 355 g/mol. The summed E-state index contributed by atoms with van der Waals surface area (Å²) >= 11 is 11.7. The van der Waals surface area contributed by atoms with Crippen LogP contribution >= 0.6 is 23.2 Å². The van der Waals surface area contributed by atoms with E-state index in [1.807, 2.05) is 6.92 Å². The standard InChI is InChI=1S/C12H14Cl2N2O5S/c1-2-7-5-15(6-10(7)17)22(20,21)11-4-8(16(18)19)3-9(13)12(11)14/h3-4,7,10,17H,2,5-6H2,1H3. The van der Waals surface area contributed by atoms with Gasteiger partial charge in [0, 0.05) is 25.2 Å². The van der Waals surface area contributed by atoms with Gasteiger partial charge in [-0.3, -0.25) is 10.1 Å². The lowest BCUT2D eigenvalue weighted by Crippen LogP contribution is -2.30. The highest BCUT2D eigenvalue weighted by Gasteiger charge is 2.39. The molecule has 1 saturated heterocycles. The fraction of sp³-hybridized carbons (Fsp3) is 0.500. The van der Waals surface area contributed by atoms with Crippen LogP contribution in [0.25, 0.3) is 0 Å². The van der Waals surface area contributed by atoms with Crippen LogP contribution in [0.1, 0.15) is 13.3 Å². The molecule has 1 N–H and O–H groups in total. The SMILES string of the molecule is CCC1CN(S(=O)(=O)c2cc([N+](=O)[O-])cc(Cl)c2Cl)CC1O. The van der Waals surface area contributed by atoms with Crippen molar-refractivity contribution < 1.29 is 18.4 Å². The average Bonchev–Trinajstić information content (AvgIpc) is 2.83. The van der Waals surface area contributed by atoms with Crippen molar-refractivity contribution >= 4 is 38.9 Å². The van der Waals surface area contributed by atoms with Gasteiger partial charge in [-0.25, -0.2) is 8.42 Å². The van der Waals surface area contributed by atoms with Gasteiger partial charge < -0.3 is 5.11 Å². The molecule has 0 saturated carbocycles. The molecule has 1 aliphatic rings. The van der Waals surface area contributed by atoms with Crippen molar-refractivity contribution in [1.82, 2.24) is 4.31 Å². The summed E-state index contributed by atoms with van der Waals surface area (Å²) in [6, 6.07) is 1.88. The minimum absolute atomic E-state index is 0.0719. The van der Waals surface area contributed by atoms with Crippen LogP contribution in [0, 0.1) is 16.0 Å². The number of nitrogens with zero attached hydrogens (tertiary/aromatic N) is 2. The summed E-state index contributed by atoms with van der Waals surface area (Å²) in [6.45, 7) is 1.91. The molecule has 2 atom stereocenters. The molecule has 0 amide bonds. The predicted molar refractivity (Wildman–Crippen MR) is 81.7 cm³/mol. The molecular formula is C12H14Cl2N2O5S. The number of nitro benzene ring substituents is 1. The molecule has 22 heavy (non-hydrogen) atoms. The van der Waals surface area contributed by atoms with Crippen LogP contribution in [0.4, 0.5) is 5.69 Å². The average molecular weight is 369 g/mol. The summed E-state index contributed by atoms with van der Waals surface area (Å²) in [7, 11) is -4.07. The molecule has 0 aromatic heterocycles. The summed E-state index contributed by atoms with van der Waals surface area (Å²) in [6.07, 6.45) is -0.149. The zero-order chi connectivity index (χ0) is 16.7. The number of benzene rings is 1. The van der Waals surface area contributed by atoms with Gasteiger partial charge in [-0.05, 0) is 12.3 Å². The smallest absolute Gasteiger partial charge is 0.272 e. The molecule has 7 nitrogen and oxygen atoms in total. The second kappa shape index (κ2) is 6.29. The minimum Gasteiger partial charge on any atom is -0.391 e. The number of aliphatic hydroxyl groups is 1. The van der Waals surface area contributed by atoms with E-state index in [1.54, 1.807) is 0 Å². The molecule has 0 radical (unpaired) electrons. The number of nitro groups is 1. The van der Waals surface area contributed by atoms with Crippen molar-refractivity contribution in [1.29, 1.82) is 0 Å². The third-order valence-electron chi connectivity index (χ3n) is 3.71. The van der Waals surface area contributed by atoms with E-state index in [0.29, 0.717) is 6.42 Å². The maximum absolute atomic E-state index is 12.6. The van der Waals surface area contributed by atoms with Gasteiger partial charge >= 0.3 is 0 Å². The van der Waals surface area contributed by atoms with E-state index in [2.05, 4.69) is 0 Å². The Morgan fingerprint density at radius 2 is 2.05 bits per heavy atom. The highest BCUT2D eigenvalue weighted by atomic mass is 35.5. The Labute approximate surface area is 137 Å². The van der Waals surface area contributed by atoms with Gasteiger partial charge in [-0.15, -0.1) is 0 Å². The van der Waals surface area contributed by atoms with Gasteiger partial charge in [0.1, 0.15) is 4.90 Å². The Morgan fingerprint density at radius 3 is 2.55 bits per heavy atom. The Morgan fingerprint density at radius 1 is 1.41 bits per heavy atom. The van der Waals surface area contributed by atoms with Crippen molar-refractivity contribution in [3.63, 3.8) is 0 Å². The Bertz CT molecular complexity index is 710. The first-order chi connectivity index (χ1) is 10.2. The number of aliphatic hydroxyl groups excluding tert-OH is 1. The molecule has 2 rings (SSSR count). The van der Waals surface area contributed by atoms with Gasteiger partial charge in [-0.1, -0.05) is 30.1 Å². The van der Waals surface area contributed by atoms with Crippen molar-refractivity contribution in [2.24, 2.45) is 5.92 Å². The zero-order valence-corrected chi connectivity index (χ0v) is 13.9. The van der Waals surface area contributed by atoms with Crippen LogP contribution in [0.15, 0.2) is 17.0 Å². The Hall–Kier alpha value is -0.930. The molecule has 1 aromatic rings. The van der Waals surface area contributed by atoms with Crippen LogP contribution in [0.3, 0.4) is 0 Å². The van der Waals surface area contributed by atoms with E-state index >= 15 is 0 Å². The van der Waals surface area contributed by atoms with Crippen LogP contribution in [0.5, 0.6) is 0 Å². The third-order valence-corrected chi connectivity index (χ3v) is 6.48. The van der Waals surface area contributed by atoms with E-state index in [9.17, 15) is 23.6 Å². The number of halogens is 2. The highest BCUT2D eigenvalue weighted by molar-refractivity contribution is 7.89. The summed E-state index contributed by atoms with van der Waals surface area (Å²) in [5, 5.41) is 20.3. The van der Waals surface area contributed by atoms with E-state index in [4.69, 9.17) is 23.2 Å². The van der Waals surface area contributed by atoms with Crippen molar-refractivity contribution in [3.05, 3.63) is 32.3 Å². The fourth-order valence-corrected chi connectivity index (χ4v) is 4.69. The van der Waals surface area contributed by atoms with E-state index < -0.39 is 31.6 Å². The molecule has 1 fully saturated rings. The second-order valence-corrected chi connectivity index (χ2v) is 7.75. The predicted octanol–water partition coefficient (Wildman–Crippen LogP) is 2.29. The van der Waals surface area contributed by atoms with Crippen LogP contribution in [-0.4, -0.2) is 41.9 Å². The van der Waals surface area contributed by atoms with Gasteiger partial charge in [0.25, 0.3) is 5.69 Å². The van der Waals surface area contributed by atoms with Gasteiger partial charge in [0.15, 0.2) is 0 Å². The quantitative estimate of drug-likeness (QED) is 0.648. The first kappa shape index (κ1) is 17.4. The lowest BCUT2D eigenvalue weighted by atomic mass is 10.0. The number of non-ortho nitro benzene ring substituents is 1. The van der Waals surface area contributed by atoms with Gasteiger partial charge in [-0.2, -0.15) is 4.31 Å². The third kappa shape index (κ3) is 3.07.